The highest BCUT2D eigenvalue weighted by Gasteiger charge is 1.99. The summed E-state index contributed by atoms with van der Waals surface area (Å²) in [5.41, 5.74) is 1.64. The second-order valence-electron chi connectivity index (χ2n) is 9.91. The standard InChI is InChI=1S/C32H50N2O2S/c1-2-3-4-5-6-9-12-15-26-35-31-22-18-29(19-23-31)33-34-30-20-24-32(25-21-30)36-27-16-13-10-7-8-11-14-17-28-37/h18-25,37H,2-17,26-28H2,1H3. The predicted molar refractivity (Wildman–Crippen MR) is 161 cm³/mol. The van der Waals surface area contributed by atoms with Crippen LogP contribution in [0.3, 0.4) is 0 Å². The van der Waals surface area contributed by atoms with Crippen molar-refractivity contribution in [2.45, 2.75) is 110 Å². The molecule has 0 aromatic heterocycles. The van der Waals surface area contributed by atoms with E-state index < -0.39 is 0 Å². The molecule has 0 heterocycles. The maximum absolute atomic E-state index is 5.88. The van der Waals surface area contributed by atoms with E-state index in [0.717, 1.165) is 54.7 Å². The zero-order valence-corrected chi connectivity index (χ0v) is 24.1. The normalized spacial score (nSPS) is 11.3. The Labute approximate surface area is 232 Å². The van der Waals surface area contributed by atoms with Gasteiger partial charge >= 0.3 is 0 Å². The number of hydrogen-bond donors (Lipinski definition) is 1. The maximum atomic E-state index is 5.88. The fraction of sp³-hybridized carbons (Fsp3) is 0.625. The Hall–Kier alpha value is -2.01. The van der Waals surface area contributed by atoms with Crippen LogP contribution >= 0.6 is 12.6 Å². The van der Waals surface area contributed by atoms with Gasteiger partial charge in [0.25, 0.3) is 0 Å². The van der Waals surface area contributed by atoms with Crippen LogP contribution in [-0.2, 0) is 0 Å². The summed E-state index contributed by atoms with van der Waals surface area (Å²) in [7, 11) is 0. The molecule has 2 aromatic carbocycles. The van der Waals surface area contributed by atoms with Crippen LogP contribution in [0.25, 0.3) is 0 Å². The molecule has 206 valence electrons. The lowest BCUT2D eigenvalue weighted by Crippen LogP contribution is -1.97. The summed E-state index contributed by atoms with van der Waals surface area (Å²) in [6.45, 7) is 3.81. The molecule has 2 rings (SSSR count). The van der Waals surface area contributed by atoms with Crippen molar-refractivity contribution < 1.29 is 9.47 Å². The topological polar surface area (TPSA) is 43.2 Å². The molecule has 0 radical (unpaired) electrons. The molecule has 0 aliphatic carbocycles. The zero-order chi connectivity index (χ0) is 26.2. The van der Waals surface area contributed by atoms with Crippen LogP contribution in [0.2, 0.25) is 0 Å². The lowest BCUT2D eigenvalue weighted by Gasteiger charge is -2.07. The molecule has 4 nitrogen and oxygen atoms in total. The number of nitrogens with zero attached hydrogens (tertiary/aromatic N) is 2. The molecule has 0 bridgehead atoms. The van der Waals surface area contributed by atoms with Gasteiger partial charge in [-0.25, -0.2) is 0 Å². The Morgan fingerprint density at radius 2 is 0.838 bits per heavy atom. The van der Waals surface area contributed by atoms with Crippen molar-refractivity contribution in [2.24, 2.45) is 10.2 Å². The number of rotatable bonds is 23. The molecule has 37 heavy (non-hydrogen) atoms. The fourth-order valence-electron chi connectivity index (χ4n) is 4.22. The molecule has 0 aliphatic heterocycles. The summed E-state index contributed by atoms with van der Waals surface area (Å²) in [5.74, 6) is 2.81. The lowest BCUT2D eigenvalue weighted by molar-refractivity contribution is 0.304. The molecule has 0 aliphatic rings. The number of thiol groups is 1. The molecule has 0 N–H and O–H groups in total. The highest BCUT2D eigenvalue weighted by molar-refractivity contribution is 7.80. The molecular formula is C32H50N2O2S. The van der Waals surface area contributed by atoms with Crippen molar-refractivity contribution in [1.82, 2.24) is 0 Å². The molecule has 0 saturated heterocycles. The van der Waals surface area contributed by atoms with Crippen LogP contribution in [0.5, 0.6) is 11.5 Å². The van der Waals surface area contributed by atoms with E-state index >= 15 is 0 Å². The molecule has 2 aromatic rings. The second kappa shape index (κ2) is 22.0. The maximum Gasteiger partial charge on any atom is 0.119 e. The molecular weight excluding hydrogens is 476 g/mol. The van der Waals surface area contributed by atoms with Gasteiger partial charge in [0.05, 0.1) is 24.6 Å². The summed E-state index contributed by atoms with van der Waals surface area (Å²) in [4.78, 5) is 0. The second-order valence-corrected chi connectivity index (χ2v) is 10.4. The van der Waals surface area contributed by atoms with E-state index in [4.69, 9.17) is 9.47 Å². The van der Waals surface area contributed by atoms with E-state index in [1.807, 2.05) is 48.5 Å². The molecule has 0 saturated carbocycles. The zero-order valence-electron chi connectivity index (χ0n) is 23.2. The minimum absolute atomic E-state index is 0.772. The van der Waals surface area contributed by atoms with E-state index in [1.54, 1.807) is 0 Å². The van der Waals surface area contributed by atoms with Gasteiger partial charge in [-0.1, -0.05) is 90.4 Å². The first-order valence-corrected chi connectivity index (χ1v) is 15.4. The van der Waals surface area contributed by atoms with Gasteiger partial charge in [0, 0.05) is 0 Å². The molecule has 0 spiro atoms. The molecule has 0 fully saturated rings. The molecule has 0 atom stereocenters. The number of benzene rings is 2. The largest absolute Gasteiger partial charge is 0.494 e. The first-order valence-electron chi connectivity index (χ1n) is 14.8. The Morgan fingerprint density at radius 1 is 0.486 bits per heavy atom. The van der Waals surface area contributed by atoms with Gasteiger partial charge in [-0.3, -0.25) is 0 Å². The van der Waals surface area contributed by atoms with Gasteiger partial charge in [-0.15, -0.1) is 0 Å². The van der Waals surface area contributed by atoms with Crippen LogP contribution < -0.4 is 9.47 Å². The quantitative estimate of drug-likeness (QED) is 0.0888. The first kappa shape index (κ1) is 31.2. The Kier molecular flexibility index (Phi) is 18.6. The summed E-state index contributed by atoms with van der Waals surface area (Å²) in [6, 6.07) is 15.7. The smallest absolute Gasteiger partial charge is 0.119 e. The number of hydrogen-bond acceptors (Lipinski definition) is 5. The third-order valence-corrected chi connectivity index (χ3v) is 6.86. The van der Waals surface area contributed by atoms with Crippen LogP contribution in [0.15, 0.2) is 58.8 Å². The number of azo groups is 1. The highest BCUT2D eigenvalue weighted by atomic mass is 32.1. The first-order chi connectivity index (χ1) is 18.3. The van der Waals surface area contributed by atoms with Crippen LogP contribution in [0.4, 0.5) is 11.4 Å². The lowest BCUT2D eigenvalue weighted by atomic mass is 10.1. The third kappa shape index (κ3) is 16.4. The van der Waals surface area contributed by atoms with Gasteiger partial charge in [0.2, 0.25) is 0 Å². The van der Waals surface area contributed by atoms with Crippen LogP contribution in [-0.4, -0.2) is 19.0 Å². The fourth-order valence-corrected chi connectivity index (χ4v) is 4.45. The Morgan fingerprint density at radius 3 is 1.22 bits per heavy atom. The average Bonchev–Trinajstić information content (AvgIpc) is 2.93. The van der Waals surface area contributed by atoms with E-state index in [0.29, 0.717) is 0 Å². The molecule has 0 amide bonds. The monoisotopic (exact) mass is 526 g/mol. The summed E-state index contributed by atoms with van der Waals surface area (Å²) in [5, 5.41) is 8.70. The van der Waals surface area contributed by atoms with Crippen molar-refractivity contribution in [3.63, 3.8) is 0 Å². The minimum atomic E-state index is 0.772. The van der Waals surface area contributed by atoms with Crippen LogP contribution in [0.1, 0.15) is 110 Å². The predicted octanol–water partition coefficient (Wildman–Crippen LogP) is 11.1. The van der Waals surface area contributed by atoms with E-state index in [2.05, 4.69) is 29.8 Å². The Balaban J connectivity index is 1.54. The van der Waals surface area contributed by atoms with Gasteiger partial charge in [0.1, 0.15) is 11.5 Å². The molecule has 0 unspecified atom stereocenters. The van der Waals surface area contributed by atoms with E-state index in [9.17, 15) is 0 Å². The summed E-state index contributed by atoms with van der Waals surface area (Å²) >= 11 is 4.26. The third-order valence-electron chi connectivity index (χ3n) is 6.54. The van der Waals surface area contributed by atoms with Gasteiger partial charge in [-0.2, -0.15) is 22.9 Å². The van der Waals surface area contributed by atoms with Crippen LogP contribution in [0, 0.1) is 0 Å². The SMILES string of the molecule is CCCCCCCCCCOc1ccc(N=Nc2ccc(OCCCCCCCCCCS)cc2)cc1. The van der Waals surface area contributed by atoms with Crippen molar-refractivity contribution in [2.75, 3.05) is 19.0 Å². The van der Waals surface area contributed by atoms with E-state index in [1.165, 1.54) is 89.9 Å². The Bertz CT molecular complexity index is 809. The van der Waals surface area contributed by atoms with E-state index in [-0.39, 0.29) is 0 Å². The van der Waals surface area contributed by atoms with Crippen molar-refractivity contribution in [3.05, 3.63) is 48.5 Å². The summed E-state index contributed by atoms with van der Waals surface area (Å²) < 4.78 is 11.7. The highest BCUT2D eigenvalue weighted by Crippen LogP contribution is 2.23. The van der Waals surface area contributed by atoms with Gasteiger partial charge < -0.3 is 9.47 Å². The van der Waals surface area contributed by atoms with Crippen molar-refractivity contribution in [1.29, 1.82) is 0 Å². The number of unbranched alkanes of at least 4 members (excludes halogenated alkanes) is 14. The molecule has 5 heteroatoms. The van der Waals surface area contributed by atoms with Crippen molar-refractivity contribution in [3.8, 4) is 11.5 Å². The number of ether oxygens (including phenoxy) is 2. The minimum Gasteiger partial charge on any atom is -0.494 e. The average molecular weight is 527 g/mol. The summed E-state index contributed by atoms with van der Waals surface area (Å²) in [6.07, 6.45) is 20.7. The van der Waals surface area contributed by atoms with Crippen molar-refractivity contribution >= 4 is 24.0 Å². The van der Waals surface area contributed by atoms with Gasteiger partial charge in [-0.05, 0) is 73.5 Å². The van der Waals surface area contributed by atoms with Gasteiger partial charge in [0.15, 0.2) is 0 Å².